The average Bonchev–Trinajstić information content (AvgIpc) is 2.35. The summed E-state index contributed by atoms with van der Waals surface area (Å²) >= 11 is 0. The first-order valence-corrected chi connectivity index (χ1v) is 6.76. The zero-order valence-electron chi connectivity index (χ0n) is 10.6. The molecule has 0 saturated heterocycles. The number of hydrogen-bond donors (Lipinski definition) is 1. The predicted octanol–water partition coefficient (Wildman–Crippen LogP) is 4.52. The molecule has 1 aromatic rings. The molecule has 94 valence electrons. The van der Waals surface area contributed by atoms with Crippen LogP contribution in [-0.4, -0.2) is 6.54 Å². The van der Waals surface area contributed by atoms with Gasteiger partial charge in [-0.1, -0.05) is 32.1 Å². The fraction of sp³-hybridized carbons (Fsp3) is 0.600. The number of nitrogens with one attached hydrogen (secondary N) is 1. The van der Waals surface area contributed by atoms with E-state index in [9.17, 15) is 4.39 Å². The van der Waals surface area contributed by atoms with Crippen LogP contribution in [0.3, 0.4) is 0 Å². The van der Waals surface area contributed by atoms with Gasteiger partial charge in [0.05, 0.1) is 0 Å². The summed E-state index contributed by atoms with van der Waals surface area (Å²) in [6.07, 6.45) is 8.26. The van der Waals surface area contributed by atoms with Crippen molar-refractivity contribution in [1.29, 1.82) is 0 Å². The van der Waals surface area contributed by atoms with Gasteiger partial charge < -0.3 is 5.32 Å². The van der Waals surface area contributed by atoms with Crippen molar-refractivity contribution >= 4 is 5.69 Å². The Morgan fingerprint density at radius 1 is 1.24 bits per heavy atom. The van der Waals surface area contributed by atoms with Crippen LogP contribution in [0.4, 0.5) is 10.1 Å². The van der Waals surface area contributed by atoms with E-state index >= 15 is 0 Å². The summed E-state index contributed by atoms with van der Waals surface area (Å²) in [5.74, 6) is 0.778. The zero-order valence-corrected chi connectivity index (χ0v) is 10.6. The predicted molar refractivity (Wildman–Crippen MR) is 70.8 cm³/mol. The van der Waals surface area contributed by atoms with Crippen LogP contribution in [0.15, 0.2) is 18.2 Å². The van der Waals surface area contributed by atoms with Gasteiger partial charge in [0.1, 0.15) is 5.82 Å². The molecule has 0 radical (unpaired) electrons. The quantitative estimate of drug-likeness (QED) is 0.809. The van der Waals surface area contributed by atoms with Crippen LogP contribution in [0.5, 0.6) is 0 Å². The highest BCUT2D eigenvalue weighted by Gasteiger charge is 2.12. The first kappa shape index (κ1) is 12.4. The van der Waals surface area contributed by atoms with Crippen molar-refractivity contribution in [1.82, 2.24) is 0 Å². The molecule has 0 heterocycles. The standard InChI is InChI=1S/C15H22FN/c1-12-11-14(7-8-15(12)16)17-10-9-13-5-3-2-4-6-13/h7-8,11,13,17H,2-6,9-10H2,1H3. The van der Waals surface area contributed by atoms with Gasteiger partial charge in [-0.15, -0.1) is 0 Å². The Labute approximate surface area is 103 Å². The van der Waals surface area contributed by atoms with E-state index in [4.69, 9.17) is 0 Å². The van der Waals surface area contributed by atoms with Crippen LogP contribution in [0.25, 0.3) is 0 Å². The minimum absolute atomic E-state index is 0.122. The lowest BCUT2D eigenvalue weighted by Crippen LogP contribution is -2.12. The molecule has 1 aliphatic carbocycles. The fourth-order valence-electron chi connectivity index (χ4n) is 2.65. The smallest absolute Gasteiger partial charge is 0.126 e. The Hall–Kier alpha value is -1.05. The summed E-state index contributed by atoms with van der Waals surface area (Å²) < 4.78 is 13.1. The third-order valence-corrected chi connectivity index (χ3v) is 3.76. The van der Waals surface area contributed by atoms with Crippen LogP contribution in [-0.2, 0) is 0 Å². The topological polar surface area (TPSA) is 12.0 Å². The SMILES string of the molecule is Cc1cc(NCCC2CCCCC2)ccc1F. The zero-order chi connectivity index (χ0) is 12.1. The average molecular weight is 235 g/mol. The molecule has 0 atom stereocenters. The van der Waals surface area contributed by atoms with Crippen LogP contribution in [0, 0.1) is 18.7 Å². The molecule has 0 aliphatic heterocycles. The first-order chi connectivity index (χ1) is 8.25. The third kappa shape index (κ3) is 3.72. The Morgan fingerprint density at radius 2 is 2.00 bits per heavy atom. The summed E-state index contributed by atoms with van der Waals surface area (Å²) in [4.78, 5) is 0. The number of benzene rings is 1. The van der Waals surface area contributed by atoms with E-state index in [2.05, 4.69) is 5.32 Å². The van der Waals surface area contributed by atoms with Gasteiger partial charge in [0.15, 0.2) is 0 Å². The normalized spacial score (nSPS) is 17.1. The van der Waals surface area contributed by atoms with Crippen molar-refractivity contribution < 1.29 is 4.39 Å². The molecule has 1 N–H and O–H groups in total. The van der Waals surface area contributed by atoms with E-state index in [0.717, 1.165) is 18.2 Å². The molecule has 2 rings (SSSR count). The van der Waals surface area contributed by atoms with Gasteiger partial charge in [-0.05, 0) is 43.0 Å². The van der Waals surface area contributed by atoms with Gasteiger partial charge in [-0.25, -0.2) is 4.39 Å². The molecule has 1 saturated carbocycles. The lowest BCUT2D eigenvalue weighted by atomic mass is 9.87. The molecule has 1 aromatic carbocycles. The number of halogens is 1. The Bertz CT molecular complexity index is 356. The van der Waals surface area contributed by atoms with Crippen LogP contribution >= 0.6 is 0 Å². The van der Waals surface area contributed by atoms with E-state index < -0.39 is 0 Å². The molecular weight excluding hydrogens is 213 g/mol. The van der Waals surface area contributed by atoms with Gasteiger partial charge >= 0.3 is 0 Å². The van der Waals surface area contributed by atoms with Gasteiger partial charge in [0.25, 0.3) is 0 Å². The summed E-state index contributed by atoms with van der Waals surface area (Å²) in [7, 11) is 0. The third-order valence-electron chi connectivity index (χ3n) is 3.76. The number of anilines is 1. The van der Waals surface area contributed by atoms with Gasteiger partial charge in [0, 0.05) is 12.2 Å². The maximum Gasteiger partial charge on any atom is 0.126 e. The number of hydrogen-bond acceptors (Lipinski definition) is 1. The molecule has 0 amide bonds. The highest BCUT2D eigenvalue weighted by Crippen LogP contribution is 2.26. The molecule has 17 heavy (non-hydrogen) atoms. The first-order valence-electron chi connectivity index (χ1n) is 6.76. The van der Waals surface area contributed by atoms with Gasteiger partial charge in [0.2, 0.25) is 0 Å². The maximum absolute atomic E-state index is 13.1. The summed E-state index contributed by atoms with van der Waals surface area (Å²) in [6, 6.07) is 5.25. The van der Waals surface area contributed by atoms with E-state index in [-0.39, 0.29) is 5.82 Å². The summed E-state index contributed by atoms with van der Waals surface area (Å²) in [6.45, 7) is 2.82. The molecule has 0 spiro atoms. The van der Waals surface area contributed by atoms with Crippen molar-refractivity contribution in [3.8, 4) is 0 Å². The monoisotopic (exact) mass is 235 g/mol. The van der Waals surface area contributed by atoms with E-state index in [1.54, 1.807) is 0 Å². The number of rotatable bonds is 4. The minimum Gasteiger partial charge on any atom is -0.385 e. The Morgan fingerprint density at radius 3 is 2.71 bits per heavy atom. The molecule has 1 fully saturated rings. The van der Waals surface area contributed by atoms with Gasteiger partial charge in [-0.2, -0.15) is 0 Å². The molecule has 0 bridgehead atoms. The minimum atomic E-state index is -0.122. The van der Waals surface area contributed by atoms with E-state index in [1.807, 2.05) is 19.1 Å². The van der Waals surface area contributed by atoms with Crippen molar-refractivity contribution in [3.05, 3.63) is 29.6 Å². The lowest BCUT2D eigenvalue weighted by molar-refractivity contribution is 0.345. The van der Waals surface area contributed by atoms with Crippen LogP contribution < -0.4 is 5.32 Å². The van der Waals surface area contributed by atoms with Crippen LogP contribution in [0.2, 0.25) is 0 Å². The lowest BCUT2D eigenvalue weighted by Gasteiger charge is -2.21. The van der Waals surface area contributed by atoms with Crippen molar-refractivity contribution in [2.75, 3.05) is 11.9 Å². The summed E-state index contributed by atoms with van der Waals surface area (Å²) in [5.41, 5.74) is 1.76. The number of aryl methyl sites for hydroxylation is 1. The molecule has 0 unspecified atom stereocenters. The summed E-state index contributed by atoms with van der Waals surface area (Å²) in [5, 5.41) is 3.39. The van der Waals surface area contributed by atoms with Crippen molar-refractivity contribution in [3.63, 3.8) is 0 Å². The largest absolute Gasteiger partial charge is 0.385 e. The van der Waals surface area contributed by atoms with Crippen molar-refractivity contribution in [2.24, 2.45) is 5.92 Å². The molecule has 1 nitrogen and oxygen atoms in total. The highest BCUT2D eigenvalue weighted by molar-refractivity contribution is 5.45. The molecular formula is C15H22FN. The van der Waals surface area contributed by atoms with E-state index in [0.29, 0.717) is 5.56 Å². The second kappa shape index (κ2) is 6.04. The van der Waals surface area contributed by atoms with Crippen molar-refractivity contribution in [2.45, 2.75) is 45.4 Å². The van der Waals surface area contributed by atoms with Gasteiger partial charge in [-0.3, -0.25) is 0 Å². The highest BCUT2D eigenvalue weighted by atomic mass is 19.1. The van der Waals surface area contributed by atoms with E-state index in [1.165, 1.54) is 44.6 Å². The fourth-order valence-corrected chi connectivity index (χ4v) is 2.65. The second-order valence-corrected chi connectivity index (χ2v) is 5.18. The molecule has 2 heteroatoms. The Kier molecular flexibility index (Phi) is 4.41. The second-order valence-electron chi connectivity index (χ2n) is 5.18. The molecule has 1 aliphatic rings. The maximum atomic E-state index is 13.1. The Balaban J connectivity index is 1.75. The van der Waals surface area contributed by atoms with Crippen LogP contribution in [0.1, 0.15) is 44.1 Å². The molecule has 0 aromatic heterocycles.